The molecule has 0 spiro atoms. The number of rotatable bonds is 6. The minimum absolute atomic E-state index is 0.288. The first-order valence-electron chi connectivity index (χ1n) is 7.49. The summed E-state index contributed by atoms with van der Waals surface area (Å²) in [5.74, 6) is 0.396. The number of nitriles is 1. The Morgan fingerprint density at radius 3 is 2.41 bits per heavy atom. The van der Waals surface area contributed by atoms with Crippen LogP contribution < -0.4 is 10.1 Å². The summed E-state index contributed by atoms with van der Waals surface area (Å²) in [4.78, 5) is 0. The van der Waals surface area contributed by atoms with Crippen LogP contribution in [0.15, 0.2) is 52.9 Å². The number of ether oxygens (including phenoxy) is 1. The summed E-state index contributed by atoms with van der Waals surface area (Å²) >= 11 is 2.84. The van der Waals surface area contributed by atoms with Gasteiger partial charge in [-0.15, -0.1) is 23.4 Å². The molecule has 2 aromatic carbocycles. The fourth-order valence-corrected chi connectivity index (χ4v) is 3.73. The van der Waals surface area contributed by atoms with Gasteiger partial charge in [0, 0.05) is 11.4 Å². The molecule has 0 aliphatic carbocycles. The van der Waals surface area contributed by atoms with Crippen LogP contribution in [-0.2, 0) is 5.75 Å². The predicted octanol–water partition coefficient (Wildman–Crippen LogP) is 5.34. The Hall–Kier alpha value is -2.77. The van der Waals surface area contributed by atoms with Crippen molar-refractivity contribution < 1.29 is 17.9 Å². The second kappa shape index (κ2) is 8.28. The Morgan fingerprint density at radius 1 is 1.07 bits per heavy atom. The van der Waals surface area contributed by atoms with Crippen LogP contribution in [0.3, 0.4) is 0 Å². The summed E-state index contributed by atoms with van der Waals surface area (Å²) in [6, 6.07) is 14.7. The Balaban J connectivity index is 1.55. The lowest BCUT2D eigenvalue weighted by Gasteiger charge is -2.09. The van der Waals surface area contributed by atoms with E-state index in [1.54, 1.807) is 12.1 Å². The highest BCUT2D eigenvalue weighted by Crippen LogP contribution is 2.31. The molecule has 0 radical (unpaired) electrons. The molecule has 0 aliphatic rings. The second-order valence-electron chi connectivity index (χ2n) is 5.17. The molecule has 1 N–H and O–H groups in total. The fraction of sp³-hybridized carbons (Fsp3) is 0.118. The first-order valence-corrected chi connectivity index (χ1v) is 9.30. The van der Waals surface area contributed by atoms with Gasteiger partial charge in [-0.3, -0.25) is 0 Å². The third-order valence-corrected chi connectivity index (χ3v) is 5.23. The molecule has 0 fully saturated rings. The maximum Gasteiger partial charge on any atom is 0.573 e. The monoisotopic (exact) mass is 408 g/mol. The Labute approximate surface area is 160 Å². The summed E-state index contributed by atoms with van der Waals surface area (Å²) in [7, 11) is 0. The largest absolute Gasteiger partial charge is 0.573 e. The Kier molecular flexibility index (Phi) is 5.83. The molecule has 0 bridgehead atoms. The van der Waals surface area contributed by atoms with Crippen LogP contribution in [0.2, 0.25) is 0 Å². The van der Waals surface area contributed by atoms with Crippen molar-refractivity contribution in [2.45, 2.75) is 16.5 Å². The summed E-state index contributed by atoms with van der Waals surface area (Å²) in [5, 5.41) is 20.4. The number of benzene rings is 2. The molecular formula is C17H11F3N4OS2. The van der Waals surface area contributed by atoms with Gasteiger partial charge in [0.15, 0.2) is 4.34 Å². The molecule has 27 heavy (non-hydrogen) atoms. The summed E-state index contributed by atoms with van der Waals surface area (Å²) in [5.41, 5.74) is 2.24. The van der Waals surface area contributed by atoms with Crippen LogP contribution in [0.1, 0.15) is 11.1 Å². The highest BCUT2D eigenvalue weighted by molar-refractivity contribution is 8.00. The normalized spacial score (nSPS) is 11.0. The lowest BCUT2D eigenvalue weighted by atomic mass is 10.2. The van der Waals surface area contributed by atoms with Crippen LogP contribution in [0.5, 0.6) is 5.75 Å². The second-order valence-corrected chi connectivity index (χ2v) is 7.37. The predicted molar refractivity (Wildman–Crippen MR) is 97.0 cm³/mol. The molecule has 0 saturated carbocycles. The maximum atomic E-state index is 12.2. The first kappa shape index (κ1) is 19.0. The highest BCUT2D eigenvalue weighted by atomic mass is 32.2. The van der Waals surface area contributed by atoms with Gasteiger partial charge in [0.05, 0.1) is 11.6 Å². The van der Waals surface area contributed by atoms with Crippen LogP contribution in [-0.4, -0.2) is 16.6 Å². The van der Waals surface area contributed by atoms with Crippen molar-refractivity contribution in [1.82, 2.24) is 10.2 Å². The average Bonchev–Trinajstić information content (AvgIpc) is 3.08. The number of hydrogen-bond donors (Lipinski definition) is 1. The topological polar surface area (TPSA) is 70.8 Å². The van der Waals surface area contributed by atoms with Crippen molar-refractivity contribution >= 4 is 33.9 Å². The van der Waals surface area contributed by atoms with Gasteiger partial charge >= 0.3 is 6.36 Å². The van der Waals surface area contributed by atoms with E-state index in [1.807, 2.05) is 12.1 Å². The molecule has 0 amide bonds. The Morgan fingerprint density at radius 2 is 1.78 bits per heavy atom. The number of aromatic nitrogens is 2. The molecule has 0 unspecified atom stereocenters. The Bertz CT molecular complexity index is 935. The molecule has 1 heterocycles. The van der Waals surface area contributed by atoms with Crippen LogP contribution in [0.4, 0.5) is 24.0 Å². The van der Waals surface area contributed by atoms with Crippen LogP contribution in [0, 0.1) is 11.3 Å². The highest BCUT2D eigenvalue weighted by Gasteiger charge is 2.30. The molecule has 0 atom stereocenters. The number of nitrogens with zero attached hydrogens (tertiary/aromatic N) is 3. The number of anilines is 2. The van der Waals surface area contributed by atoms with Gasteiger partial charge in [0.1, 0.15) is 5.75 Å². The van der Waals surface area contributed by atoms with Gasteiger partial charge in [0.2, 0.25) is 5.13 Å². The minimum Gasteiger partial charge on any atom is -0.406 e. The maximum absolute atomic E-state index is 12.2. The zero-order valence-electron chi connectivity index (χ0n) is 13.5. The van der Waals surface area contributed by atoms with E-state index in [0.717, 1.165) is 9.90 Å². The number of halogens is 3. The van der Waals surface area contributed by atoms with Crippen LogP contribution >= 0.6 is 23.1 Å². The van der Waals surface area contributed by atoms with Crippen molar-refractivity contribution in [3.8, 4) is 11.8 Å². The van der Waals surface area contributed by atoms with E-state index >= 15 is 0 Å². The molecule has 5 nitrogen and oxygen atoms in total. The first-order chi connectivity index (χ1) is 12.9. The lowest BCUT2D eigenvalue weighted by Crippen LogP contribution is -2.16. The SMILES string of the molecule is N#Cc1ccc(CSc2nnc(Nc3ccc(OC(F)(F)F)cc3)s2)cc1. The summed E-state index contributed by atoms with van der Waals surface area (Å²) < 4.78 is 41.0. The van der Waals surface area contributed by atoms with Crippen molar-refractivity contribution in [2.75, 3.05) is 5.32 Å². The molecule has 138 valence electrons. The summed E-state index contributed by atoms with van der Waals surface area (Å²) in [6.07, 6.45) is -4.71. The van der Waals surface area contributed by atoms with E-state index in [0.29, 0.717) is 22.1 Å². The van der Waals surface area contributed by atoms with Crippen molar-refractivity contribution in [2.24, 2.45) is 0 Å². The van der Waals surface area contributed by atoms with Gasteiger partial charge in [-0.25, -0.2) is 0 Å². The van der Waals surface area contributed by atoms with E-state index in [4.69, 9.17) is 5.26 Å². The average molecular weight is 408 g/mol. The standard InChI is InChI=1S/C17H11F3N4OS2/c18-17(19,20)25-14-7-5-13(6-8-14)22-15-23-24-16(27-15)26-10-12-3-1-11(9-21)2-4-12/h1-8H,10H2,(H,22,23). The van der Waals surface area contributed by atoms with E-state index in [-0.39, 0.29) is 5.75 Å². The van der Waals surface area contributed by atoms with Gasteiger partial charge in [0.25, 0.3) is 0 Å². The molecule has 10 heteroatoms. The summed E-state index contributed by atoms with van der Waals surface area (Å²) in [6.45, 7) is 0. The van der Waals surface area contributed by atoms with Gasteiger partial charge in [-0.05, 0) is 42.0 Å². The van der Waals surface area contributed by atoms with Gasteiger partial charge in [-0.1, -0.05) is 35.2 Å². The smallest absolute Gasteiger partial charge is 0.406 e. The van der Waals surface area contributed by atoms with E-state index < -0.39 is 6.36 Å². The molecule has 3 aromatic rings. The molecule has 3 rings (SSSR count). The molecule has 1 aromatic heterocycles. The third kappa shape index (κ3) is 5.87. The third-order valence-electron chi connectivity index (χ3n) is 3.19. The number of alkyl halides is 3. The van der Waals surface area contributed by atoms with Gasteiger partial charge < -0.3 is 10.1 Å². The number of hydrogen-bond acceptors (Lipinski definition) is 7. The van der Waals surface area contributed by atoms with Crippen molar-refractivity contribution in [1.29, 1.82) is 5.26 Å². The van der Waals surface area contributed by atoms with Crippen molar-refractivity contribution in [3.63, 3.8) is 0 Å². The number of thioether (sulfide) groups is 1. The quantitative estimate of drug-likeness (QED) is 0.555. The zero-order valence-corrected chi connectivity index (χ0v) is 15.2. The van der Waals surface area contributed by atoms with Crippen LogP contribution in [0.25, 0.3) is 0 Å². The molecule has 0 saturated heterocycles. The van der Waals surface area contributed by atoms with Crippen molar-refractivity contribution in [3.05, 3.63) is 59.7 Å². The zero-order chi connectivity index (χ0) is 19.3. The van der Waals surface area contributed by atoms with Gasteiger partial charge in [-0.2, -0.15) is 5.26 Å². The lowest BCUT2D eigenvalue weighted by molar-refractivity contribution is -0.274. The van der Waals surface area contributed by atoms with E-state index in [2.05, 4.69) is 26.3 Å². The minimum atomic E-state index is -4.71. The molecular weight excluding hydrogens is 397 g/mol. The van der Waals surface area contributed by atoms with E-state index in [9.17, 15) is 13.2 Å². The fourth-order valence-electron chi connectivity index (χ4n) is 2.00. The number of nitrogens with one attached hydrogen (secondary N) is 1. The van der Waals surface area contributed by atoms with E-state index in [1.165, 1.54) is 47.4 Å². The molecule has 0 aliphatic heterocycles.